The summed E-state index contributed by atoms with van der Waals surface area (Å²) in [5.41, 5.74) is 5.76. The number of methoxy groups -OCH3 is 1. The minimum Gasteiger partial charge on any atom is -0.493 e. The van der Waals surface area contributed by atoms with E-state index in [2.05, 4.69) is 56.4 Å². The van der Waals surface area contributed by atoms with Gasteiger partial charge < -0.3 is 19.5 Å². The van der Waals surface area contributed by atoms with Crippen LogP contribution in [0.25, 0.3) is 11.3 Å². The summed E-state index contributed by atoms with van der Waals surface area (Å²) in [7, 11) is 1.58. The van der Waals surface area contributed by atoms with E-state index in [-0.39, 0.29) is 11.8 Å². The Morgan fingerprint density at radius 2 is 1.94 bits per heavy atom. The summed E-state index contributed by atoms with van der Waals surface area (Å²) in [6.45, 7) is 10.1. The first-order chi connectivity index (χ1) is 16.9. The fourth-order valence-electron chi connectivity index (χ4n) is 4.14. The Kier molecular flexibility index (Phi) is 7.59. The molecule has 2 heterocycles. The number of pyridine rings is 1. The quantitative estimate of drug-likeness (QED) is 0.419. The second kappa shape index (κ2) is 10.8. The summed E-state index contributed by atoms with van der Waals surface area (Å²) in [5.74, 6) is 2.24. The first kappa shape index (κ1) is 24.6. The van der Waals surface area contributed by atoms with Crippen LogP contribution in [0.3, 0.4) is 0 Å². The normalized spacial score (nSPS) is 15.2. The van der Waals surface area contributed by atoms with Gasteiger partial charge >= 0.3 is 0 Å². The Hall–Kier alpha value is -3.54. The number of aryl methyl sites for hydroxylation is 1. The molecule has 1 amide bonds. The number of nitrogens with zero attached hydrogens (tertiary/aromatic N) is 1. The molecule has 0 fully saturated rings. The van der Waals surface area contributed by atoms with Crippen LogP contribution in [0, 0.1) is 6.92 Å². The van der Waals surface area contributed by atoms with E-state index in [9.17, 15) is 4.79 Å². The highest BCUT2D eigenvalue weighted by Crippen LogP contribution is 2.42. The van der Waals surface area contributed by atoms with E-state index in [1.807, 2.05) is 6.92 Å². The highest BCUT2D eigenvalue weighted by Gasteiger charge is 2.27. The van der Waals surface area contributed by atoms with Gasteiger partial charge in [-0.15, -0.1) is 0 Å². The molecule has 0 saturated carbocycles. The number of fused-ring (bicyclic) bond motifs is 1. The minimum absolute atomic E-state index is 0.0234. The number of carbonyl (C=O) groups excluding carboxylic acids is 1. The molecule has 35 heavy (non-hydrogen) atoms. The molecular formula is C29H34N2O4. The van der Waals surface area contributed by atoms with Crippen LogP contribution in [0.2, 0.25) is 0 Å². The van der Waals surface area contributed by atoms with E-state index < -0.39 is 0 Å². The molecule has 0 bridgehead atoms. The summed E-state index contributed by atoms with van der Waals surface area (Å²) in [4.78, 5) is 17.9. The molecule has 6 heteroatoms. The Morgan fingerprint density at radius 3 is 2.66 bits per heavy atom. The average molecular weight is 475 g/mol. The lowest BCUT2D eigenvalue weighted by atomic mass is 9.96. The lowest BCUT2D eigenvalue weighted by Gasteiger charge is -2.17. The van der Waals surface area contributed by atoms with Gasteiger partial charge in [0.25, 0.3) is 5.91 Å². The van der Waals surface area contributed by atoms with Crippen molar-refractivity contribution in [3.05, 3.63) is 70.9 Å². The molecule has 0 saturated heterocycles. The third-order valence-electron chi connectivity index (χ3n) is 6.32. The summed E-state index contributed by atoms with van der Waals surface area (Å²) >= 11 is 0. The van der Waals surface area contributed by atoms with E-state index in [4.69, 9.17) is 19.2 Å². The van der Waals surface area contributed by atoms with Crippen molar-refractivity contribution >= 4 is 5.91 Å². The molecule has 0 spiro atoms. The van der Waals surface area contributed by atoms with Crippen LogP contribution in [-0.4, -0.2) is 37.8 Å². The third kappa shape index (κ3) is 5.42. The van der Waals surface area contributed by atoms with Gasteiger partial charge in [-0.05, 0) is 37.6 Å². The van der Waals surface area contributed by atoms with Crippen LogP contribution in [0.5, 0.6) is 17.2 Å². The largest absolute Gasteiger partial charge is 0.493 e. The van der Waals surface area contributed by atoms with Crippen LogP contribution in [-0.2, 0) is 0 Å². The highest BCUT2D eigenvalue weighted by atomic mass is 16.5. The van der Waals surface area contributed by atoms with Gasteiger partial charge in [-0.2, -0.15) is 0 Å². The molecule has 0 aliphatic carbocycles. The van der Waals surface area contributed by atoms with E-state index >= 15 is 0 Å². The fraction of sp³-hybridized carbons (Fsp3) is 0.379. The molecule has 184 valence electrons. The van der Waals surface area contributed by atoms with Crippen LogP contribution >= 0.6 is 0 Å². The number of rotatable bonds is 9. The Labute approximate surface area is 207 Å². The maximum Gasteiger partial charge on any atom is 0.251 e. The highest BCUT2D eigenvalue weighted by molar-refractivity contribution is 5.94. The zero-order valence-corrected chi connectivity index (χ0v) is 21.2. The van der Waals surface area contributed by atoms with Crippen molar-refractivity contribution in [3.8, 4) is 28.5 Å². The number of hydrogen-bond acceptors (Lipinski definition) is 5. The number of amides is 1. The number of aromatic nitrogens is 1. The molecule has 2 unspecified atom stereocenters. The molecule has 2 aromatic carbocycles. The molecule has 3 aromatic rings. The smallest absolute Gasteiger partial charge is 0.251 e. The maximum absolute atomic E-state index is 12.9. The lowest BCUT2D eigenvalue weighted by molar-refractivity contribution is 0.0951. The van der Waals surface area contributed by atoms with E-state index in [1.165, 1.54) is 11.1 Å². The van der Waals surface area contributed by atoms with Gasteiger partial charge in [0.2, 0.25) is 0 Å². The van der Waals surface area contributed by atoms with Crippen LogP contribution in [0.15, 0.2) is 48.5 Å². The Balaban J connectivity index is 1.52. The van der Waals surface area contributed by atoms with Crippen LogP contribution < -0.4 is 19.5 Å². The SMILES string of the molecule is CCCOc1ccc(C(=O)NCC(C)c2cc3c(c(-c4ccc(C)cc4)n2)OCC3C)cc1OC. The number of hydrogen-bond donors (Lipinski definition) is 1. The van der Waals surface area contributed by atoms with Crippen molar-refractivity contribution in [1.29, 1.82) is 0 Å². The minimum atomic E-state index is -0.159. The van der Waals surface area contributed by atoms with Gasteiger partial charge in [0, 0.05) is 40.8 Å². The van der Waals surface area contributed by atoms with Gasteiger partial charge in [-0.25, -0.2) is 4.98 Å². The zero-order valence-electron chi connectivity index (χ0n) is 21.2. The molecule has 2 atom stereocenters. The molecule has 1 aromatic heterocycles. The van der Waals surface area contributed by atoms with Crippen molar-refractivity contribution < 1.29 is 19.0 Å². The first-order valence-electron chi connectivity index (χ1n) is 12.2. The third-order valence-corrected chi connectivity index (χ3v) is 6.32. The van der Waals surface area contributed by atoms with Crippen molar-refractivity contribution in [3.63, 3.8) is 0 Å². The number of benzene rings is 2. The second-order valence-corrected chi connectivity index (χ2v) is 9.22. The standard InChI is InChI=1S/C29H34N2O4/c1-6-13-34-25-12-11-22(14-26(25)33-5)29(32)30-16-19(3)24-15-23-20(4)17-35-28(23)27(31-24)21-9-7-18(2)8-10-21/h7-12,14-15,19-20H,6,13,16-17H2,1-5H3,(H,30,32). The summed E-state index contributed by atoms with van der Waals surface area (Å²) in [6.07, 6.45) is 0.899. The molecule has 1 N–H and O–H groups in total. The van der Waals surface area contributed by atoms with Gasteiger partial charge in [-0.3, -0.25) is 4.79 Å². The Morgan fingerprint density at radius 1 is 1.17 bits per heavy atom. The van der Waals surface area contributed by atoms with E-state index in [1.54, 1.807) is 25.3 Å². The van der Waals surface area contributed by atoms with E-state index in [0.717, 1.165) is 29.1 Å². The predicted molar refractivity (Wildman–Crippen MR) is 138 cm³/mol. The van der Waals surface area contributed by atoms with Crippen molar-refractivity contribution in [2.75, 3.05) is 26.9 Å². The summed E-state index contributed by atoms with van der Waals surface area (Å²) in [6, 6.07) is 15.7. The van der Waals surface area contributed by atoms with Crippen molar-refractivity contribution in [2.24, 2.45) is 0 Å². The van der Waals surface area contributed by atoms with Gasteiger partial charge in [-0.1, -0.05) is 50.6 Å². The maximum atomic E-state index is 12.9. The molecule has 0 radical (unpaired) electrons. The molecular weight excluding hydrogens is 440 g/mol. The predicted octanol–water partition coefficient (Wildman–Crippen LogP) is 5.88. The fourth-order valence-corrected chi connectivity index (χ4v) is 4.14. The van der Waals surface area contributed by atoms with Crippen LogP contribution in [0.1, 0.15) is 66.2 Å². The average Bonchev–Trinajstić information content (AvgIpc) is 3.26. The summed E-state index contributed by atoms with van der Waals surface area (Å²) in [5, 5.41) is 3.05. The van der Waals surface area contributed by atoms with Crippen molar-refractivity contribution in [2.45, 2.75) is 46.0 Å². The first-order valence-corrected chi connectivity index (χ1v) is 12.2. The topological polar surface area (TPSA) is 69.7 Å². The lowest BCUT2D eigenvalue weighted by Crippen LogP contribution is -2.28. The van der Waals surface area contributed by atoms with Gasteiger partial charge in [0.1, 0.15) is 11.4 Å². The van der Waals surface area contributed by atoms with Gasteiger partial charge in [0.05, 0.1) is 20.3 Å². The molecule has 4 rings (SSSR count). The van der Waals surface area contributed by atoms with Crippen molar-refractivity contribution in [1.82, 2.24) is 10.3 Å². The molecule has 6 nitrogen and oxygen atoms in total. The number of carbonyl (C=O) groups is 1. The summed E-state index contributed by atoms with van der Waals surface area (Å²) < 4.78 is 17.1. The number of nitrogens with one attached hydrogen (secondary N) is 1. The molecule has 1 aliphatic heterocycles. The zero-order chi connectivity index (χ0) is 24.9. The van der Waals surface area contributed by atoms with Crippen LogP contribution in [0.4, 0.5) is 0 Å². The molecule has 1 aliphatic rings. The monoisotopic (exact) mass is 474 g/mol. The van der Waals surface area contributed by atoms with Gasteiger partial charge in [0.15, 0.2) is 11.5 Å². The Bertz CT molecular complexity index is 1190. The number of ether oxygens (including phenoxy) is 3. The van der Waals surface area contributed by atoms with E-state index in [0.29, 0.717) is 42.7 Å². The second-order valence-electron chi connectivity index (χ2n) is 9.22.